The molecule has 0 unspecified atom stereocenters. The van der Waals surface area contributed by atoms with Crippen LogP contribution in [-0.4, -0.2) is 22.8 Å². The molecule has 96 valence electrons. The summed E-state index contributed by atoms with van der Waals surface area (Å²) in [5.41, 5.74) is 7.96. The molecule has 1 aromatic carbocycles. The van der Waals surface area contributed by atoms with Gasteiger partial charge in [-0.1, -0.05) is 11.6 Å². The Morgan fingerprint density at radius 2 is 2.11 bits per heavy atom. The summed E-state index contributed by atoms with van der Waals surface area (Å²) in [7, 11) is 0. The highest BCUT2D eigenvalue weighted by Gasteiger charge is 2.32. The molecule has 0 radical (unpaired) electrons. The van der Waals surface area contributed by atoms with Crippen LogP contribution in [0, 0.1) is 0 Å². The van der Waals surface area contributed by atoms with Crippen molar-refractivity contribution in [2.45, 2.75) is 25.3 Å². The Hall–Kier alpha value is -1.26. The largest absolute Gasteiger partial charge is 0.381 e. The fourth-order valence-corrected chi connectivity index (χ4v) is 2.84. The Kier molecular flexibility index (Phi) is 2.72. The van der Waals surface area contributed by atoms with Gasteiger partial charge in [-0.25, -0.2) is 4.98 Å². The molecule has 0 saturated carbocycles. The summed E-state index contributed by atoms with van der Waals surface area (Å²) in [5.74, 6) is 0.552. The second-order valence-corrected chi connectivity index (χ2v) is 5.48. The van der Waals surface area contributed by atoms with Crippen molar-refractivity contribution >= 4 is 28.6 Å². The molecule has 0 atom stereocenters. The molecule has 18 heavy (non-hydrogen) atoms. The molecule has 1 aliphatic heterocycles. The molecule has 2 heterocycles. The summed E-state index contributed by atoms with van der Waals surface area (Å²) in [5, 5.41) is 0.685. The lowest BCUT2D eigenvalue weighted by atomic mass is 9.92. The van der Waals surface area contributed by atoms with Gasteiger partial charge in [-0.05, 0) is 38.0 Å². The van der Waals surface area contributed by atoms with E-state index < -0.39 is 0 Å². The molecule has 0 aliphatic carbocycles. The van der Waals surface area contributed by atoms with Crippen molar-refractivity contribution in [2.75, 3.05) is 18.9 Å². The van der Waals surface area contributed by atoms with Crippen molar-refractivity contribution in [2.24, 2.45) is 0 Å². The van der Waals surface area contributed by atoms with Crippen LogP contribution < -0.4 is 5.73 Å². The second-order valence-electron chi connectivity index (χ2n) is 5.05. The third kappa shape index (κ3) is 1.76. The average Bonchev–Trinajstić information content (AvgIpc) is 2.65. The minimum Gasteiger partial charge on any atom is -0.381 e. The first-order chi connectivity index (χ1) is 8.60. The van der Waals surface area contributed by atoms with Crippen LogP contribution in [-0.2, 0) is 10.3 Å². The molecule has 2 aromatic rings. The molecule has 1 aliphatic rings. The maximum Gasteiger partial charge on any atom is 0.201 e. The lowest BCUT2D eigenvalue weighted by molar-refractivity contribution is 0.0320. The van der Waals surface area contributed by atoms with Gasteiger partial charge in [0.2, 0.25) is 5.95 Å². The topological polar surface area (TPSA) is 53.1 Å². The van der Waals surface area contributed by atoms with E-state index in [0.29, 0.717) is 11.0 Å². The van der Waals surface area contributed by atoms with Crippen LogP contribution in [0.15, 0.2) is 18.2 Å². The van der Waals surface area contributed by atoms with Gasteiger partial charge in [0.15, 0.2) is 0 Å². The summed E-state index contributed by atoms with van der Waals surface area (Å²) >= 11 is 5.99. The number of nitrogens with zero attached hydrogens (tertiary/aromatic N) is 2. The van der Waals surface area contributed by atoms with E-state index in [9.17, 15) is 0 Å². The highest BCUT2D eigenvalue weighted by molar-refractivity contribution is 6.31. The normalized spacial score (nSPS) is 19.2. The highest BCUT2D eigenvalue weighted by Crippen LogP contribution is 2.35. The maximum atomic E-state index is 6.09. The molecule has 1 fully saturated rings. The zero-order valence-corrected chi connectivity index (χ0v) is 11.1. The summed E-state index contributed by atoms with van der Waals surface area (Å²) in [4.78, 5) is 4.41. The van der Waals surface area contributed by atoms with E-state index in [1.165, 1.54) is 0 Å². The van der Waals surface area contributed by atoms with E-state index in [4.69, 9.17) is 22.1 Å². The number of halogens is 1. The monoisotopic (exact) mass is 265 g/mol. The van der Waals surface area contributed by atoms with E-state index in [1.54, 1.807) is 0 Å². The van der Waals surface area contributed by atoms with Gasteiger partial charge in [0.1, 0.15) is 0 Å². The number of ether oxygens (including phenoxy) is 1. The molecular weight excluding hydrogens is 250 g/mol. The summed E-state index contributed by atoms with van der Waals surface area (Å²) in [6.07, 6.45) is 1.90. The van der Waals surface area contributed by atoms with Crippen LogP contribution in [0.1, 0.15) is 19.8 Å². The first kappa shape index (κ1) is 11.8. The van der Waals surface area contributed by atoms with Crippen LogP contribution in [0.4, 0.5) is 5.95 Å². The maximum absolute atomic E-state index is 6.09. The number of benzene rings is 1. The number of fused-ring (bicyclic) bond motifs is 1. The minimum atomic E-state index is -0.0229. The highest BCUT2D eigenvalue weighted by atomic mass is 35.5. The van der Waals surface area contributed by atoms with Gasteiger partial charge in [-0.2, -0.15) is 0 Å². The zero-order chi connectivity index (χ0) is 12.8. The Labute approximate surface area is 111 Å². The van der Waals surface area contributed by atoms with Gasteiger partial charge >= 0.3 is 0 Å². The first-order valence-corrected chi connectivity index (χ1v) is 6.50. The van der Waals surface area contributed by atoms with E-state index in [2.05, 4.69) is 16.5 Å². The van der Waals surface area contributed by atoms with Gasteiger partial charge < -0.3 is 15.0 Å². The lowest BCUT2D eigenvalue weighted by Crippen LogP contribution is -2.37. The SMILES string of the molecule is CC1(n2c(N)nc3cc(Cl)ccc32)CCOCC1. The third-order valence-corrected chi connectivity index (χ3v) is 3.99. The lowest BCUT2D eigenvalue weighted by Gasteiger charge is -2.36. The Morgan fingerprint density at radius 3 is 2.83 bits per heavy atom. The Balaban J connectivity index is 2.18. The van der Waals surface area contributed by atoms with Crippen LogP contribution in [0.5, 0.6) is 0 Å². The van der Waals surface area contributed by atoms with Gasteiger partial charge in [0.05, 0.1) is 11.0 Å². The molecule has 5 heteroatoms. The third-order valence-electron chi connectivity index (χ3n) is 3.75. The van der Waals surface area contributed by atoms with Crippen LogP contribution in [0.25, 0.3) is 11.0 Å². The predicted octanol–water partition coefficient (Wildman–Crippen LogP) is 2.80. The van der Waals surface area contributed by atoms with Gasteiger partial charge in [0, 0.05) is 23.8 Å². The molecule has 0 spiro atoms. The molecule has 0 amide bonds. The molecular formula is C13H16ClN3O. The van der Waals surface area contributed by atoms with E-state index in [-0.39, 0.29) is 5.54 Å². The van der Waals surface area contributed by atoms with E-state index in [0.717, 1.165) is 37.1 Å². The Morgan fingerprint density at radius 1 is 1.39 bits per heavy atom. The second kappa shape index (κ2) is 4.14. The average molecular weight is 266 g/mol. The molecule has 1 saturated heterocycles. The van der Waals surface area contributed by atoms with E-state index in [1.807, 2.05) is 18.2 Å². The molecule has 3 rings (SSSR count). The standard InChI is InChI=1S/C13H16ClN3O/c1-13(4-6-18-7-5-13)17-11-3-2-9(14)8-10(11)16-12(17)15/h2-3,8H,4-7H2,1H3,(H2,15,16). The van der Waals surface area contributed by atoms with Gasteiger partial charge in [-0.3, -0.25) is 0 Å². The summed E-state index contributed by atoms with van der Waals surface area (Å²) in [6, 6.07) is 5.72. The molecule has 2 N–H and O–H groups in total. The minimum absolute atomic E-state index is 0.0229. The van der Waals surface area contributed by atoms with Crippen molar-refractivity contribution in [3.8, 4) is 0 Å². The van der Waals surface area contributed by atoms with Crippen LogP contribution >= 0.6 is 11.6 Å². The number of nitrogens with two attached hydrogens (primary N) is 1. The van der Waals surface area contributed by atoms with Crippen molar-refractivity contribution in [1.29, 1.82) is 0 Å². The zero-order valence-electron chi connectivity index (χ0n) is 10.3. The molecule has 0 bridgehead atoms. The predicted molar refractivity (Wildman–Crippen MR) is 72.9 cm³/mol. The molecule has 4 nitrogen and oxygen atoms in total. The quantitative estimate of drug-likeness (QED) is 0.863. The number of hydrogen-bond donors (Lipinski definition) is 1. The smallest absolute Gasteiger partial charge is 0.201 e. The van der Waals surface area contributed by atoms with Crippen molar-refractivity contribution in [3.63, 3.8) is 0 Å². The van der Waals surface area contributed by atoms with Crippen molar-refractivity contribution < 1.29 is 4.74 Å². The molecule has 1 aromatic heterocycles. The summed E-state index contributed by atoms with van der Waals surface area (Å²) in [6.45, 7) is 3.74. The number of anilines is 1. The summed E-state index contributed by atoms with van der Waals surface area (Å²) < 4.78 is 7.56. The van der Waals surface area contributed by atoms with Gasteiger partial charge in [0.25, 0.3) is 0 Å². The number of imidazole rings is 1. The van der Waals surface area contributed by atoms with Crippen LogP contribution in [0.2, 0.25) is 5.02 Å². The van der Waals surface area contributed by atoms with E-state index >= 15 is 0 Å². The Bertz CT molecular complexity index is 587. The van der Waals surface area contributed by atoms with Crippen molar-refractivity contribution in [1.82, 2.24) is 9.55 Å². The number of nitrogen functional groups attached to an aromatic ring is 1. The van der Waals surface area contributed by atoms with Crippen molar-refractivity contribution in [3.05, 3.63) is 23.2 Å². The number of hydrogen-bond acceptors (Lipinski definition) is 3. The van der Waals surface area contributed by atoms with Gasteiger partial charge in [-0.15, -0.1) is 0 Å². The number of aromatic nitrogens is 2. The van der Waals surface area contributed by atoms with Crippen LogP contribution in [0.3, 0.4) is 0 Å². The number of rotatable bonds is 1. The first-order valence-electron chi connectivity index (χ1n) is 6.12. The fourth-order valence-electron chi connectivity index (χ4n) is 2.67. The fraction of sp³-hybridized carbons (Fsp3) is 0.462.